The molecule has 28 heavy (non-hydrogen) atoms. The van der Waals surface area contributed by atoms with E-state index in [2.05, 4.69) is 20.3 Å². The first kappa shape index (κ1) is 20.0. The maximum atomic E-state index is 12.8. The largest absolute Gasteiger partial charge is 0.416 e. The Morgan fingerprint density at radius 3 is 2.75 bits per heavy atom. The molecule has 0 saturated carbocycles. The molecule has 1 amide bonds. The van der Waals surface area contributed by atoms with Crippen molar-refractivity contribution in [1.29, 1.82) is 0 Å². The molecule has 0 bridgehead atoms. The second kappa shape index (κ2) is 8.09. The highest BCUT2D eigenvalue weighted by atomic mass is 19.4. The first-order valence-electron chi connectivity index (χ1n) is 8.78. The summed E-state index contributed by atoms with van der Waals surface area (Å²) >= 11 is 0. The Kier molecular flexibility index (Phi) is 5.78. The van der Waals surface area contributed by atoms with Crippen LogP contribution in [0, 0.1) is 0 Å². The molecule has 1 aliphatic heterocycles. The van der Waals surface area contributed by atoms with Gasteiger partial charge < -0.3 is 15.1 Å². The van der Waals surface area contributed by atoms with Crippen molar-refractivity contribution in [2.45, 2.75) is 18.5 Å². The minimum Gasteiger partial charge on any atom is -0.341 e. The van der Waals surface area contributed by atoms with Gasteiger partial charge in [-0.2, -0.15) is 13.2 Å². The number of hydrogen-bond acceptors (Lipinski definition) is 6. The number of nitrogens with zero attached hydrogens (tertiary/aromatic N) is 5. The second-order valence-electron chi connectivity index (χ2n) is 6.92. The van der Waals surface area contributed by atoms with E-state index in [4.69, 9.17) is 0 Å². The number of rotatable bonds is 5. The molecule has 1 unspecified atom stereocenters. The predicted octanol–water partition coefficient (Wildman–Crippen LogP) is 2.51. The van der Waals surface area contributed by atoms with Crippen LogP contribution in [0.1, 0.15) is 23.6 Å². The summed E-state index contributed by atoms with van der Waals surface area (Å²) in [5.41, 5.74) is -0.0587. The van der Waals surface area contributed by atoms with Crippen molar-refractivity contribution < 1.29 is 18.0 Å². The van der Waals surface area contributed by atoms with Crippen LogP contribution < -0.4 is 5.32 Å². The van der Waals surface area contributed by atoms with Gasteiger partial charge in [0.15, 0.2) is 0 Å². The Labute approximate surface area is 160 Å². The number of likely N-dealkylation sites (tertiary alicyclic amines) is 1. The number of nitrogens with one attached hydrogen (secondary N) is 1. The van der Waals surface area contributed by atoms with Gasteiger partial charge in [-0.05, 0) is 38.7 Å². The van der Waals surface area contributed by atoms with Crippen molar-refractivity contribution in [3.05, 3.63) is 41.9 Å². The molecule has 2 aromatic rings. The Morgan fingerprint density at radius 2 is 2.04 bits per heavy atom. The van der Waals surface area contributed by atoms with Crippen LogP contribution in [0.3, 0.4) is 0 Å². The molecule has 3 rings (SSSR count). The van der Waals surface area contributed by atoms with Gasteiger partial charge in [0.05, 0.1) is 17.8 Å². The second-order valence-corrected chi connectivity index (χ2v) is 6.92. The lowest BCUT2D eigenvalue weighted by atomic mass is 10.1. The van der Waals surface area contributed by atoms with Gasteiger partial charge in [0.2, 0.25) is 11.9 Å². The van der Waals surface area contributed by atoms with E-state index >= 15 is 0 Å². The number of pyridine rings is 1. The molecule has 2 aromatic heterocycles. The van der Waals surface area contributed by atoms with E-state index in [0.717, 1.165) is 30.4 Å². The molecule has 10 heteroatoms. The highest BCUT2D eigenvalue weighted by molar-refractivity contribution is 5.78. The van der Waals surface area contributed by atoms with Crippen molar-refractivity contribution >= 4 is 17.7 Å². The zero-order valence-corrected chi connectivity index (χ0v) is 15.6. The number of aromatic nitrogens is 3. The van der Waals surface area contributed by atoms with Gasteiger partial charge in [0, 0.05) is 31.4 Å². The molecule has 150 valence electrons. The fourth-order valence-electron chi connectivity index (χ4n) is 3.05. The molecule has 1 atom stereocenters. The highest BCUT2D eigenvalue weighted by Crippen LogP contribution is 2.30. The summed E-state index contributed by atoms with van der Waals surface area (Å²) in [7, 11) is 3.69. The summed E-state index contributed by atoms with van der Waals surface area (Å²) in [5, 5.41) is 2.72. The van der Waals surface area contributed by atoms with Gasteiger partial charge in [-0.3, -0.25) is 4.79 Å². The van der Waals surface area contributed by atoms with Crippen LogP contribution in [0.5, 0.6) is 0 Å². The topological polar surface area (TPSA) is 74.2 Å². The van der Waals surface area contributed by atoms with Crippen LogP contribution in [0.15, 0.2) is 30.6 Å². The van der Waals surface area contributed by atoms with E-state index in [-0.39, 0.29) is 23.6 Å². The molecule has 7 nitrogen and oxygen atoms in total. The summed E-state index contributed by atoms with van der Waals surface area (Å²) in [6.45, 7) is 1.56. The molecule has 0 spiro atoms. The average Bonchev–Trinajstić information content (AvgIpc) is 3.11. The number of anilines is 2. The van der Waals surface area contributed by atoms with Crippen LogP contribution in [0.2, 0.25) is 0 Å². The van der Waals surface area contributed by atoms with Gasteiger partial charge in [-0.25, -0.2) is 15.0 Å². The van der Waals surface area contributed by atoms with Crippen LogP contribution in [-0.4, -0.2) is 64.4 Å². The van der Waals surface area contributed by atoms with Crippen LogP contribution in [-0.2, 0) is 11.0 Å². The minimum absolute atomic E-state index is 0.0150. The third kappa shape index (κ3) is 4.94. The third-order valence-electron chi connectivity index (χ3n) is 4.41. The zero-order chi connectivity index (χ0) is 20.3. The standard InChI is InChI=1S/C18H21F3N6O/c1-26(2)11-16(28)27-8-5-12(10-27)14-4-7-23-17(24-14)25-15-9-13(3-6-22-15)18(19,20)21/h3-4,6-7,9,12H,5,8,10-11H2,1-2H3,(H,22,23,24,25). The quantitative estimate of drug-likeness (QED) is 0.840. The monoisotopic (exact) mass is 394 g/mol. The number of amides is 1. The lowest BCUT2D eigenvalue weighted by Crippen LogP contribution is -2.36. The maximum absolute atomic E-state index is 12.8. The van der Waals surface area contributed by atoms with Gasteiger partial charge >= 0.3 is 6.18 Å². The molecule has 1 aliphatic rings. The molecule has 0 radical (unpaired) electrons. The van der Waals surface area contributed by atoms with Crippen molar-refractivity contribution in [3.8, 4) is 0 Å². The summed E-state index contributed by atoms with van der Waals surface area (Å²) in [6, 6.07) is 3.57. The van der Waals surface area contributed by atoms with Crippen LogP contribution in [0.25, 0.3) is 0 Å². The van der Waals surface area contributed by atoms with Crippen molar-refractivity contribution in [2.75, 3.05) is 39.0 Å². The summed E-state index contributed by atoms with van der Waals surface area (Å²) in [6.07, 6.45) is -1.05. The van der Waals surface area contributed by atoms with E-state index in [0.29, 0.717) is 19.6 Å². The third-order valence-corrected chi connectivity index (χ3v) is 4.41. The summed E-state index contributed by atoms with van der Waals surface area (Å²) < 4.78 is 38.5. The number of halogens is 3. The minimum atomic E-state index is -4.45. The summed E-state index contributed by atoms with van der Waals surface area (Å²) in [5.74, 6) is 0.306. The number of carbonyl (C=O) groups excluding carboxylic acids is 1. The fraction of sp³-hybridized carbons (Fsp3) is 0.444. The van der Waals surface area contributed by atoms with E-state index in [1.54, 1.807) is 17.2 Å². The van der Waals surface area contributed by atoms with Crippen LogP contribution >= 0.6 is 0 Å². The van der Waals surface area contributed by atoms with E-state index in [1.165, 1.54) is 0 Å². The van der Waals surface area contributed by atoms with E-state index in [1.807, 2.05) is 19.0 Å². The average molecular weight is 394 g/mol. The highest BCUT2D eigenvalue weighted by Gasteiger charge is 2.31. The molecular formula is C18H21F3N6O. The fourth-order valence-corrected chi connectivity index (χ4v) is 3.05. The molecule has 1 fully saturated rings. The predicted molar refractivity (Wildman–Crippen MR) is 97.0 cm³/mol. The van der Waals surface area contributed by atoms with Gasteiger partial charge in [-0.1, -0.05) is 0 Å². The van der Waals surface area contributed by atoms with E-state index in [9.17, 15) is 18.0 Å². The molecule has 0 aromatic carbocycles. The van der Waals surface area contributed by atoms with Crippen molar-refractivity contribution in [3.63, 3.8) is 0 Å². The summed E-state index contributed by atoms with van der Waals surface area (Å²) in [4.78, 5) is 28.2. The molecule has 0 aliphatic carbocycles. The number of carbonyl (C=O) groups is 1. The van der Waals surface area contributed by atoms with Crippen molar-refractivity contribution in [1.82, 2.24) is 24.8 Å². The Hall–Kier alpha value is -2.75. The smallest absolute Gasteiger partial charge is 0.341 e. The van der Waals surface area contributed by atoms with E-state index < -0.39 is 11.7 Å². The normalized spacial score (nSPS) is 17.2. The molecule has 1 N–H and O–H groups in total. The molecule has 1 saturated heterocycles. The number of alkyl halides is 3. The Balaban J connectivity index is 1.69. The number of likely N-dealkylation sites (N-methyl/N-ethyl adjacent to an activating group) is 1. The Bertz CT molecular complexity index is 842. The lowest BCUT2D eigenvalue weighted by Gasteiger charge is -2.19. The molecule has 3 heterocycles. The van der Waals surface area contributed by atoms with Crippen LogP contribution in [0.4, 0.5) is 24.9 Å². The van der Waals surface area contributed by atoms with Gasteiger partial charge in [0.1, 0.15) is 5.82 Å². The zero-order valence-electron chi connectivity index (χ0n) is 15.6. The maximum Gasteiger partial charge on any atom is 0.416 e. The number of hydrogen-bond donors (Lipinski definition) is 1. The first-order valence-corrected chi connectivity index (χ1v) is 8.78. The van der Waals surface area contributed by atoms with Crippen molar-refractivity contribution in [2.24, 2.45) is 0 Å². The Morgan fingerprint density at radius 1 is 1.29 bits per heavy atom. The SMILES string of the molecule is CN(C)CC(=O)N1CCC(c2ccnc(Nc3cc(C(F)(F)F)ccn3)n2)C1. The molecular weight excluding hydrogens is 373 g/mol. The van der Waals surface area contributed by atoms with Gasteiger partial charge in [-0.15, -0.1) is 0 Å². The lowest BCUT2D eigenvalue weighted by molar-refractivity contribution is -0.137. The van der Waals surface area contributed by atoms with Gasteiger partial charge in [0.25, 0.3) is 0 Å². The first-order chi connectivity index (χ1) is 13.2.